The van der Waals surface area contributed by atoms with Gasteiger partial charge in [-0.2, -0.15) is 0 Å². The maximum atomic E-state index is 11.2. The fourth-order valence-corrected chi connectivity index (χ4v) is 1.04. The summed E-state index contributed by atoms with van der Waals surface area (Å²) in [7, 11) is 0. The second kappa shape index (κ2) is 4.91. The number of H-pyrrole nitrogens is 2. The van der Waals surface area contributed by atoms with Gasteiger partial charge in [-0.25, -0.2) is 4.79 Å². The Labute approximate surface area is 88.9 Å². The van der Waals surface area contributed by atoms with E-state index in [2.05, 4.69) is 10.3 Å². The minimum atomic E-state index is -0.690. The highest BCUT2D eigenvalue weighted by Crippen LogP contribution is 1.87. The Morgan fingerprint density at radius 1 is 1.31 bits per heavy atom. The van der Waals surface area contributed by atoms with Crippen LogP contribution < -0.4 is 22.3 Å². The lowest BCUT2D eigenvalue weighted by molar-refractivity contribution is -0.124. The zero-order chi connectivity index (χ0) is 12.1. The first-order chi connectivity index (χ1) is 7.47. The lowest BCUT2D eigenvalue weighted by atomic mass is 10.3. The number of hydrogen-bond acceptors (Lipinski definition) is 4. The zero-order valence-corrected chi connectivity index (χ0v) is 8.20. The third-order valence-electron chi connectivity index (χ3n) is 1.63. The summed E-state index contributed by atoms with van der Waals surface area (Å²) in [6.07, 6.45) is -0.202. The molecular formula is C8H10N4O4. The van der Waals surface area contributed by atoms with Crippen molar-refractivity contribution in [3.8, 4) is 0 Å². The number of primary amides is 1. The van der Waals surface area contributed by atoms with E-state index in [0.717, 1.165) is 6.07 Å². The van der Waals surface area contributed by atoms with Crippen molar-refractivity contribution in [2.24, 2.45) is 5.73 Å². The second-order valence-electron chi connectivity index (χ2n) is 3.03. The van der Waals surface area contributed by atoms with E-state index < -0.39 is 23.1 Å². The number of carbonyl (C=O) groups is 2. The average molecular weight is 226 g/mol. The molecule has 8 nitrogen and oxygen atoms in total. The molecule has 16 heavy (non-hydrogen) atoms. The molecule has 0 spiro atoms. The third kappa shape index (κ3) is 3.78. The molecule has 0 saturated heterocycles. The number of aromatic amines is 2. The third-order valence-corrected chi connectivity index (χ3v) is 1.63. The van der Waals surface area contributed by atoms with Gasteiger partial charge in [0.2, 0.25) is 11.8 Å². The van der Waals surface area contributed by atoms with Gasteiger partial charge in [-0.15, -0.1) is 0 Å². The molecule has 1 rings (SSSR count). The van der Waals surface area contributed by atoms with Gasteiger partial charge < -0.3 is 16.0 Å². The predicted molar refractivity (Wildman–Crippen MR) is 53.6 cm³/mol. The Morgan fingerprint density at radius 2 is 2.00 bits per heavy atom. The maximum Gasteiger partial charge on any atom is 0.325 e. The molecule has 0 bridgehead atoms. The molecule has 0 unspecified atom stereocenters. The van der Waals surface area contributed by atoms with Crippen LogP contribution in [0, 0.1) is 0 Å². The van der Waals surface area contributed by atoms with Crippen molar-refractivity contribution in [1.82, 2.24) is 15.3 Å². The lowest BCUT2D eigenvalue weighted by Crippen LogP contribution is -2.35. The molecule has 5 N–H and O–H groups in total. The monoisotopic (exact) mass is 226 g/mol. The van der Waals surface area contributed by atoms with E-state index in [9.17, 15) is 19.2 Å². The van der Waals surface area contributed by atoms with Crippen molar-refractivity contribution < 1.29 is 9.59 Å². The summed E-state index contributed by atoms with van der Waals surface area (Å²) in [6, 6.07) is 1.09. The molecule has 0 aliphatic carbocycles. The summed E-state index contributed by atoms with van der Waals surface area (Å²) in [5, 5.41) is 2.22. The highest BCUT2D eigenvalue weighted by Gasteiger charge is 2.05. The van der Waals surface area contributed by atoms with Gasteiger partial charge in [-0.05, 0) is 0 Å². The van der Waals surface area contributed by atoms with Crippen LogP contribution in [-0.4, -0.2) is 28.3 Å². The largest absolute Gasteiger partial charge is 0.368 e. The van der Waals surface area contributed by atoms with E-state index in [1.807, 2.05) is 4.98 Å². The van der Waals surface area contributed by atoms with Crippen LogP contribution >= 0.6 is 0 Å². The van der Waals surface area contributed by atoms with Gasteiger partial charge in [0.05, 0.1) is 13.0 Å². The molecule has 0 saturated carbocycles. The molecule has 1 aromatic rings. The molecule has 1 heterocycles. The van der Waals surface area contributed by atoms with Gasteiger partial charge in [-0.3, -0.25) is 19.4 Å². The van der Waals surface area contributed by atoms with Crippen molar-refractivity contribution in [2.45, 2.75) is 6.42 Å². The molecule has 0 aromatic carbocycles. The van der Waals surface area contributed by atoms with E-state index in [1.54, 1.807) is 0 Å². The van der Waals surface area contributed by atoms with Gasteiger partial charge in [0.15, 0.2) is 0 Å². The molecule has 0 aliphatic heterocycles. The van der Waals surface area contributed by atoms with Crippen LogP contribution in [-0.2, 0) is 16.0 Å². The van der Waals surface area contributed by atoms with Crippen LogP contribution in [0.25, 0.3) is 0 Å². The standard InChI is InChI=1S/C8H10N4O4/c9-5(13)3-10-6(14)1-4-2-7(15)12-8(16)11-4/h2H,1,3H2,(H2,9,13)(H,10,14)(H2,11,12,15,16). The summed E-state index contributed by atoms with van der Waals surface area (Å²) in [5.41, 5.74) is 3.69. The maximum absolute atomic E-state index is 11.2. The van der Waals surface area contributed by atoms with E-state index in [1.165, 1.54) is 0 Å². The van der Waals surface area contributed by atoms with Crippen LogP contribution in [0.5, 0.6) is 0 Å². The molecule has 1 aromatic heterocycles. The highest BCUT2D eigenvalue weighted by atomic mass is 16.2. The molecule has 86 valence electrons. The minimum Gasteiger partial charge on any atom is -0.368 e. The number of nitrogens with two attached hydrogens (primary N) is 1. The molecule has 8 heteroatoms. The van der Waals surface area contributed by atoms with E-state index >= 15 is 0 Å². The Balaban J connectivity index is 2.66. The Bertz CT molecular complexity index is 487. The fourth-order valence-electron chi connectivity index (χ4n) is 1.04. The number of hydrogen-bond donors (Lipinski definition) is 4. The van der Waals surface area contributed by atoms with Crippen LogP contribution in [0.1, 0.15) is 5.69 Å². The normalized spacial score (nSPS) is 9.75. The average Bonchev–Trinajstić information content (AvgIpc) is 2.12. The highest BCUT2D eigenvalue weighted by molar-refractivity contribution is 5.84. The summed E-state index contributed by atoms with van der Waals surface area (Å²) in [6.45, 7) is -0.285. The van der Waals surface area contributed by atoms with Crippen molar-refractivity contribution in [2.75, 3.05) is 6.54 Å². The van der Waals surface area contributed by atoms with Crippen molar-refractivity contribution in [1.29, 1.82) is 0 Å². The first-order valence-electron chi connectivity index (χ1n) is 4.35. The topological polar surface area (TPSA) is 138 Å². The van der Waals surface area contributed by atoms with E-state index in [0.29, 0.717) is 0 Å². The minimum absolute atomic E-state index is 0.163. The summed E-state index contributed by atoms with van der Waals surface area (Å²) < 4.78 is 0. The summed E-state index contributed by atoms with van der Waals surface area (Å²) >= 11 is 0. The Morgan fingerprint density at radius 3 is 2.56 bits per heavy atom. The first kappa shape index (κ1) is 11.7. The van der Waals surface area contributed by atoms with E-state index in [4.69, 9.17) is 5.73 Å². The number of amides is 2. The SMILES string of the molecule is NC(=O)CNC(=O)Cc1cc(=O)[nH]c(=O)[nH]1. The van der Waals surface area contributed by atoms with Gasteiger partial charge in [0.25, 0.3) is 5.56 Å². The van der Waals surface area contributed by atoms with Gasteiger partial charge in [0.1, 0.15) is 0 Å². The molecule has 0 fully saturated rings. The molecule has 2 amide bonds. The number of aromatic nitrogens is 2. The van der Waals surface area contributed by atoms with Crippen LogP contribution in [0.4, 0.5) is 0 Å². The quantitative estimate of drug-likeness (QED) is 0.440. The zero-order valence-electron chi connectivity index (χ0n) is 8.20. The first-order valence-corrected chi connectivity index (χ1v) is 4.35. The van der Waals surface area contributed by atoms with Gasteiger partial charge >= 0.3 is 5.69 Å². The van der Waals surface area contributed by atoms with Crippen molar-refractivity contribution in [3.63, 3.8) is 0 Å². The number of nitrogens with one attached hydrogen (secondary N) is 3. The van der Waals surface area contributed by atoms with Gasteiger partial charge in [-0.1, -0.05) is 0 Å². The molecule has 0 aliphatic rings. The fraction of sp³-hybridized carbons (Fsp3) is 0.250. The predicted octanol–water partition coefficient (Wildman–Crippen LogP) is -2.79. The summed E-state index contributed by atoms with van der Waals surface area (Å²) in [5.74, 6) is -1.19. The number of rotatable bonds is 4. The molecular weight excluding hydrogens is 216 g/mol. The van der Waals surface area contributed by atoms with Crippen LogP contribution in [0.15, 0.2) is 15.7 Å². The Kier molecular flexibility index (Phi) is 3.59. The molecule has 0 radical (unpaired) electrons. The van der Waals surface area contributed by atoms with Crippen molar-refractivity contribution >= 4 is 11.8 Å². The second-order valence-corrected chi connectivity index (χ2v) is 3.03. The number of carbonyl (C=O) groups excluding carboxylic acids is 2. The summed E-state index contributed by atoms with van der Waals surface area (Å²) in [4.78, 5) is 47.5. The lowest BCUT2D eigenvalue weighted by Gasteiger charge is -2.01. The van der Waals surface area contributed by atoms with Gasteiger partial charge in [0, 0.05) is 11.8 Å². The molecule has 0 atom stereocenters. The van der Waals surface area contributed by atoms with Crippen LogP contribution in [0.3, 0.4) is 0 Å². The van der Waals surface area contributed by atoms with Crippen molar-refractivity contribution in [3.05, 3.63) is 32.6 Å². The van der Waals surface area contributed by atoms with Crippen LogP contribution in [0.2, 0.25) is 0 Å². The Hall–Kier alpha value is -2.38. The smallest absolute Gasteiger partial charge is 0.325 e. The van der Waals surface area contributed by atoms with E-state index in [-0.39, 0.29) is 18.7 Å².